The number of alkyl halides is 1. The van der Waals surface area contributed by atoms with E-state index in [0.29, 0.717) is 13.0 Å². The molecule has 0 amide bonds. The van der Waals surface area contributed by atoms with E-state index >= 15 is 0 Å². The van der Waals surface area contributed by atoms with Gasteiger partial charge in [-0.15, -0.1) is 0 Å². The van der Waals surface area contributed by atoms with Crippen molar-refractivity contribution in [1.29, 1.82) is 0 Å². The molecule has 1 aliphatic heterocycles. The molecule has 1 rings (SSSR count). The first-order chi connectivity index (χ1) is 4.61. The molecule has 0 aromatic heterocycles. The SMILES string of the molecule is CN1C[C@@H](F)C[C@H]1C(=O)I. The fraction of sp³-hybridized carbons (Fsp3) is 0.833. The lowest BCUT2D eigenvalue weighted by atomic mass is 10.2. The number of halogens is 2. The van der Waals surface area contributed by atoms with E-state index in [2.05, 4.69) is 0 Å². The Kier molecular flexibility index (Phi) is 2.62. The van der Waals surface area contributed by atoms with Crippen LogP contribution < -0.4 is 0 Å². The Morgan fingerprint density at radius 2 is 2.40 bits per heavy atom. The van der Waals surface area contributed by atoms with Gasteiger partial charge in [-0.2, -0.15) is 0 Å². The summed E-state index contributed by atoms with van der Waals surface area (Å²) in [6.07, 6.45) is -0.438. The molecule has 58 valence electrons. The van der Waals surface area contributed by atoms with Crippen LogP contribution in [0.15, 0.2) is 0 Å². The summed E-state index contributed by atoms with van der Waals surface area (Å²) in [6, 6.07) is -0.185. The minimum absolute atomic E-state index is 0.0419. The summed E-state index contributed by atoms with van der Waals surface area (Å²) in [5.41, 5.74) is 0. The quantitative estimate of drug-likeness (QED) is 0.515. The highest BCUT2D eigenvalue weighted by Gasteiger charge is 2.32. The monoisotopic (exact) mass is 257 g/mol. The molecule has 0 aromatic rings. The van der Waals surface area contributed by atoms with E-state index in [-0.39, 0.29) is 9.83 Å². The van der Waals surface area contributed by atoms with E-state index < -0.39 is 6.17 Å². The number of likely N-dealkylation sites (tertiary alicyclic amines) is 1. The molecule has 0 unspecified atom stereocenters. The van der Waals surface area contributed by atoms with Crippen molar-refractivity contribution < 1.29 is 9.18 Å². The Bertz CT molecular complexity index is 153. The normalized spacial score (nSPS) is 34.7. The van der Waals surface area contributed by atoms with Crippen molar-refractivity contribution in [3.05, 3.63) is 0 Å². The number of carbonyl (C=O) groups excluding carboxylic acids is 1. The van der Waals surface area contributed by atoms with Crippen molar-refractivity contribution in [2.24, 2.45) is 0 Å². The van der Waals surface area contributed by atoms with E-state index in [4.69, 9.17) is 0 Å². The average Bonchev–Trinajstić information content (AvgIpc) is 2.10. The predicted octanol–water partition coefficient (Wildman–Crippen LogP) is 0.990. The van der Waals surface area contributed by atoms with Gasteiger partial charge in [0, 0.05) is 35.6 Å². The molecule has 2 atom stereocenters. The second-order valence-electron chi connectivity index (χ2n) is 2.59. The molecule has 2 nitrogen and oxygen atoms in total. The van der Waals surface area contributed by atoms with Crippen LogP contribution in [-0.4, -0.2) is 34.5 Å². The van der Waals surface area contributed by atoms with Gasteiger partial charge in [0.2, 0.25) is 3.79 Å². The molecule has 0 bridgehead atoms. The number of likely N-dealkylation sites (N-methyl/N-ethyl adjacent to an activating group) is 1. The van der Waals surface area contributed by atoms with Crippen LogP contribution in [0.1, 0.15) is 6.42 Å². The van der Waals surface area contributed by atoms with Crippen molar-refractivity contribution in [2.75, 3.05) is 13.6 Å². The predicted molar refractivity (Wildman–Crippen MR) is 45.0 cm³/mol. The summed E-state index contributed by atoms with van der Waals surface area (Å²) < 4.78 is 12.6. The van der Waals surface area contributed by atoms with Crippen LogP contribution in [0.4, 0.5) is 4.39 Å². The third-order valence-corrected chi connectivity index (χ3v) is 2.48. The second-order valence-corrected chi connectivity index (χ2v) is 3.66. The van der Waals surface area contributed by atoms with Gasteiger partial charge in [-0.05, 0) is 7.05 Å². The summed E-state index contributed by atoms with van der Waals surface area (Å²) in [6.45, 7) is 0.402. The highest BCUT2D eigenvalue weighted by atomic mass is 127. The first-order valence-corrected chi connectivity index (χ1v) is 4.23. The molecule has 0 aromatic carbocycles. The molecule has 4 heteroatoms. The number of rotatable bonds is 1. The Hall–Kier alpha value is 0.290. The molecule has 0 saturated carbocycles. The van der Waals surface area contributed by atoms with Gasteiger partial charge < -0.3 is 0 Å². The fourth-order valence-electron chi connectivity index (χ4n) is 1.20. The van der Waals surface area contributed by atoms with E-state index in [1.165, 1.54) is 0 Å². The van der Waals surface area contributed by atoms with Gasteiger partial charge in [0.05, 0.1) is 6.04 Å². The highest BCUT2D eigenvalue weighted by molar-refractivity contribution is 14.1. The minimum atomic E-state index is -0.811. The fourth-order valence-corrected chi connectivity index (χ4v) is 1.93. The molecule has 0 aliphatic carbocycles. The number of nitrogens with zero attached hydrogens (tertiary/aromatic N) is 1. The molecule has 0 spiro atoms. The first-order valence-electron chi connectivity index (χ1n) is 3.15. The van der Waals surface area contributed by atoms with E-state index in [9.17, 15) is 9.18 Å². The van der Waals surface area contributed by atoms with Crippen LogP contribution in [0.3, 0.4) is 0 Å². The maximum atomic E-state index is 12.6. The number of hydrogen-bond donors (Lipinski definition) is 0. The third-order valence-electron chi connectivity index (χ3n) is 1.76. The molecule has 1 aliphatic rings. The smallest absolute Gasteiger partial charge is 0.209 e. The van der Waals surface area contributed by atoms with Crippen molar-refractivity contribution >= 4 is 26.4 Å². The van der Waals surface area contributed by atoms with Crippen LogP contribution in [0.5, 0.6) is 0 Å². The molecule has 1 heterocycles. The molecular weight excluding hydrogens is 248 g/mol. The van der Waals surface area contributed by atoms with E-state index in [1.54, 1.807) is 34.5 Å². The molecule has 0 radical (unpaired) electrons. The standard InChI is InChI=1S/C6H9FINO/c1-9-3-4(7)2-5(9)6(8)10/h4-5H,2-3H2,1H3/t4-,5-/m0/s1. The van der Waals surface area contributed by atoms with Crippen LogP contribution in [0.25, 0.3) is 0 Å². The molecule has 1 fully saturated rings. The lowest BCUT2D eigenvalue weighted by Crippen LogP contribution is -2.29. The number of hydrogen-bond acceptors (Lipinski definition) is 2. The Labute approximate surface area is 72.9 Å². The topological polar surface area (TPSA) is 20.3 Å². The largest absolute Gasteiger partial charge is 0.293 e. The van der Waals surface area contributed by atoms with Gasteiger partial charge in [-0.25, -0.2) is 4.39 Å². The van der Waals surface area contributed by atoms with Crippen LogP contribution in [0, 0.1) is 0 Å². The second kappa shape index (κ2) is 3.13. The van der Waals surface area contributed by atoms with Gasteiger partial charge in [0.15, 0.2) is 0 Å². The maximum absolute atomic E-state index is 12.6. The molecular formula is C6H9FINO. The summed E-state index contributed by atoms with van der Waals surface area (Å²) in [5.74, 6) is 0. The maximum Gasteiger partial charge on any atom is 0.209 e. The molecule has 0 N–H and O–H groups in total. The van der Waals surface area contributed by atoms with Crippen LogP contribution >= 0.6 is 22.6 Å². The zero-order valence-corrected chi connectivity index (χ0v) is 7.84. The zero-order valence-electron chi connectivity index (χ0n) is 5.68. The van der Waals surface area contributed by atoms with Crippen molar-refractivity contribution in [3.8, 4) is 0 Å². The van der Waals surface area contributed by atoms with E-state index in [0.717, 1.165) is 0 Å². The van der Waals surface area contributed by atoms with Crippen molar-refractivity contribution in [2.45, 2.75) is 18.6 Å². The summed E-state index contributed by atoms with van der Waals surface area (Å²) in [7, 11) is 1.78. The van der Waals surface area contributed by atoms with Gasteiger partial charge in [-0.3, -0.25) is 9.69 Å². The van der Waals surface area contributed by atoms with Crippen molar-refractivity contribution in [1.82, 2.24) is 4.90 Å². The summed E-state index contributed by atoms with van der Waals surface area (Å²) >= 11 is 1.72. The Morgan fingerprint density at radius 3 is 2.60 bits per heavy atom. The van der Waals surface area contributed by atoms with Crippen molar-refractivity contribution in [3.63, 3.8) is 0 Å². The summed E-state index contributed by atoms with van der Waals surface area (Å²) in [5, 5.41) is 0. The molecule has 10 heavy (non-hydrogen) atoms. The number of carbonyl (C=O) groups is 1. The zero-order chi connectivity index (χ0) is 7.72. The lowest BCUT2D eigenvalue weighted by Gasteiger charge is -2.13. The Balaban J connectivity index is 2.54. The molecule has 1 saturated heterocycles. The minimum Gasteiger partial charge on any atom is -0.293 e. The van der Waals surface area contributed by atoms with Crippen LogP contribution in [0.2, 0.25) is 0 Å². The van der Waals surface area contributed by atoms with Gasteiger partial charge in [0.25, 0.3) is 0 Å². The van der Waals surface area contributed by atoms with Crippen LogP contribution in [-0.2, 0) is 4.79 Å². The summed E-state index contributed by atoms with van der Waals surface area (Å²) in [4.78, 5) is 12.5. The Morgan fingerprint density at radius 1 is 1.80 bits per heavy atom. The lowest BCUT2D eigenvalue weighted by molar-refractivity contribution is -0.112. The first kappa shape index (κ1) is 8.39. The van der Waals surface area contributed by atoms with Gasteiger partial charge in [-0.1, -0.05) is 0 Å². The van der Waals surface area contributed by atoms with E-state index in [1.807, 2.05) is 0 Å². The van der Waals surface area contributed by atoms with Gasteiger partial charge >= 0.3 is 0 Å². The van der Waals surface area contributed by atoms with Gasteiger partial charge in [0.1, 0.15) is 6.17 Å². The average molecular weight is 257 g/mol. The highest BCUT2D eigenvalue weighted by Crippen LogP contribution is 2.20. The third kappa shape index (κ3) is 1.66.